The van der Waals surface area contributed by atoms with Crippen molar-refractivity contribution < 1.29 is 18.9 Å². The van der Waals surface area contributed by atoms with Crippen molar-refractivity contribution in [3.8, 4) is 11.5 Å². The molecule has 0 bridgehead atoms. The Hall–Kier alpha value is -1.26. The van der Waals surface area contributed by atoms with Crippen LogP contribution in [-0.4, -0.2) is 38.6 Å². The lowest BCUT2D eigenvalue weighted by atomic mass is 10.0. The molecule has 2 aliphatic heterocycles. The van der Waals surface area contributed by atoms with Gasteiger partial charge in [0.2, 0.25) is 0 Å². The van der Waals surface area contributed by atoms with Crippen molar-refractivity contribution in [2.75, 3.05) is 26.4 Å². The summed E-state index contributed by atoms with van der Waals surface area (Å²) in [5.74, 6) is 2.78. The summed E-state index contributed by atoms with van der Waals surface area (Å²) < 4.78 is 22.4. The highest BCUT2D eigenvalue weighted by molar-refractivity contribution is 5.31. The summed E-state index contributed by atoms with van der Waals surface area (Å²) in [4.78, 5) is 0. The zero-order valence-electron chi connectivity index (χ0n) is 13.5. The summed E-state index contributed by atoms with van der Waals surface area (Å²) in [6.45, 7) is 7.58. The Bertz CT molecular complexity index is 408. The van der Waals surface area contributed by atoms with Crippen LogP contribution in [0.15, 0.2) is 24.3 Å². The maximum Gasteiger partial charge on any atom is 0.119 e. The van der Waals surface area contributed by atoms with Crippen LogP contribution in [0.5, 0.6) is 11.5 Å². The van der Waals surface area contributed by atoms with Crippen LogP contribution in [0.3, 0.4) is 0 Å². The Morgan fingerprint density at radius 3 is 1.50 bits per heavy atom. The summed E-state index contributed by atoms with van der Waals surface area (Å²) >= 11 is 0. The van der Waals surface area contributed by atoms with E-state index in [2.05, 4.69) is 13.8 Å². The molecule has 1 aromatic rings. The number of hydrogen-bond acceptors (Lipinski definition) is 4. The second-order valence-electron chi connectivity index (χ2n) is 6.17. The first-order valence-corrected chi connectivity index (χ1v) is 8.39. The first-order chi connectivity index (χ1) is 10.8. The van der Waals surface area contributed by atoms with Gasteiger partial charge in [0.15, 0.2) is 0 Å². The van der Waals surface area contributed by atoms with Crippen LogP contribution in [0.1, 0.15) is 26.7 Å². The summed E-state index contributed by atoms with van der Waals surface area (Å²) in [6.07, 6.45) is 2.99. The molecule has 4 unspecified atom stereocenters. The highest BCUT2D eigenvalue weighted by Crippen LogP contribution is 2.26. The Kier molecular flexibility index (Phi) is 5.21. The van der Waals surface area contributed by atoms with E-state index in [0.29, 0.717) is 24.0 Å². The molecule has 1 aromatic carbocycles. The molecule has 0 spiro atoms. The second kappa shape index (κ2) is 7.34. The van der Waals surface area contributed by atoms with Gasteiger partial charge in [-0.3, -0.25) is 0 Å². The predicted molar refractivity (Wildman–Crippen MR) is 84.5 cm³/mol. The third kappa shape index (κ3) is 4.37. The number of benzene rings is 1. The molecule has 4 nitrogen and oxygen atoms in total. The van der Waals surface area contributed by atoms with Gasteiger partial charge in [0.05, 0.1) is 38.6 Å². The van der Waals surface area contributed by atoms with Crippen molar-refractivity contribution in [2.24, 2.45) is 11.8 Å². The number of hydrogen-bond donors (Lipinski definition) is 0. The molecule has 0 saturated carbocycles. The van der Waals surface area contributed by atoms with E-state index in [1.165, 1.54) is 0 Å². The highest BCUT2D eigenvalue weighted by Gasteiger charge is 2.32. The second-order valence-corrected chi connectivity index (χ2v) is 6.17. The minimum absolute atomic E-state index is 0.406. The molecule has 2 fully saturated rings. The molecule has 3 rings (SSSR count). The lowest BCUT2D eigenvalue weighted by molar-refractivity contribution is 0.202. The van der Waals surface area contributed by atoms with Crippen molar-refractivity contribution in [3.63, 3.8) is 0 Å². The van der Waals surface area contributed by atoms with E-state index in [0.717, 1.165) is 50.8 Å². The van der Waals surface area contributed by atoms with E-state index in [1.54, 1.807) is 0 Å². The number of ether oxygens (including phenoxy) is 4. The quantitative estimate of drug-likeness (QED) is 0.622. The van der Waals surface area contributed by atoms with E-state index in [4.69, 9.17) is 18.9 Å². The molecule has 4 heteroatoms. The Morgan fingerprint density at radius 2 is 1.23 bits per heavy atom. The van der Waals surface area contributed by atoms with E-state index < -0.39 is 0 Å². The molecular formula is C18H26O4. The molecule has 0 amide bonds. The van der Waals surface area contributed by atoms with Gasteiger partial charge in [0, 0.05) is 11.8 Å². The molecule has 0 N–H and O–H groups in total. The number of epoxide rings is 2. The topological polar surface area (TPSA) is 43.5 Å². The van der Waals surface area contributed by atoms with Crippen LogP contribution in [0.25, 0.3) is 0 Å². The first kappa shape index (κ1) is 15.6. The molecule has 0 aliphatic carbocycles. The average Bonchev–Trinajstić information content (AvgIpc) is 3.42. The highest BCUT2D eigenvalue weighted by atomic mass is 16.6. The van der Waals surface area contributed by atoms with Gasteiger partial charge in [-0.25, -0.2) is 0 Å². The number of rotatable bonds is 10. The van der Waals surface area contributed by atoms with E-state index in [1.807, 2.05) is 24.3 Å². The normalized spacial score (nSPS) is 25.4. The smallest absolute Gasteiger partial charge is 0.119 e. The standard InChI is InChI=1S/C18H26O4/c1-3-13(17-11-21-17)9-19-15-5-7-16(8-6-15)20-10-14(4-2)18-12-22-18/h5-8,13-14,17-18H,3-4,9-12H2,1-2H3. The fraction of sp³-hybridized carbons (Fsp3) is 0.667. The van der Waals surface area contributed by atoms with Gasteiger partial charge in [0.25, 0.3) is 0 Å². The molecule has 0 radical (unpaired) electrons. The fourth-order valence-electron chi connectivity index (χ4n) is 2.67. The predicted octanol–water partition coefficient (Wildman–Crippen LogP) is 3.29. The van der Waals surface area contributed by atoms with Gasteiger partial charge in [-0.2, -0.15) is 0 Å². The van der Waals surface area contributed by atoms with Crippen LogP contribution >= 0.6 is 0 Å². The summed E-state index contributed by atoms with van der Waals surface area (Å²) in [5, 5.41) is 0. The van der Waals surface area contributed by atoms with Gasteiger partial charge < -0.3 is 18.9 Å². The maximum absolute atomic E-state index is 5.85. The van der Waals surface area contributed by atoms with E-state index >= 15 is 0 Å². The van der Waals surface area contributed by atoms with Gasteiger partial charge in [-0.05, 0) is 37.1 Å². The maximum atomic E-state index is 5.85. The van der Waals surface area contributed by atoms with E-state index in [9.17, 15) is 0 Å². The molecule has 2 saturated heterocycles. The molecule has 4 atom stereocenters. The summed E-state index contributed by atoms with van der Waals surface area (Å²) in [6, 6.07) is 7.91. The van der Waals surface area contributed by atoms with Gasteiger partial charge in [-0.15, -0.1) is 0 Å². The molecular weight excluding hydrogens is 280 g/mol. The SMILES string of the molecule is CCC(COc1ccc(OCC(CC)C2CO2)cc1)C1CO1. The minimum atomic E-state index is 0.406. The third-order valence-electron chi connectivity index (χ3n) is 4.57. The van der Waals surface area contributed by atoms with E-state index in [-0.39, 0.29) is 0 Å². The van der Waals surface area contributed by atoms with Gasteiger partial charge in [-0.1, -0.05) is 13.8 Å². The summed E-state index contributed by atoms with van der Waals surface area (Å²) in [5.41, 5.74) is 0. The Morgan fingerprint density at radius 1 is 0.864 bits per heavy atom. The summed E-state index contributed by atoms with van der Waals surface area (Å²) in [7, 11) is 0. The third-order valence-corrected chi connectivity index (χ3v) is 4.57. The van der Waals surface area contributed by atoms with Crippen molar-refractivity contribution in [2.45, 2.75) is 38.9 Å². The molecule has 122 valence electrons. The van der Waals surface area contributed by atoms with Gasteiger partial charge in [0.1, 0.15) is 11.5 Å². The minimum Gasteiger partial charge on any atom is -0.493 e. The molecule has 0 aromatic heterocycles. The first-order valence-electron chi connectivity index (χ1n) is 8.39. The fourth-order valence-corrected chi connectivity index (χ4v) is 2.67. The van der Waals surface area contributed by atoms with Crippen molar-refractivity contribution in [3.05, 3.63) is 24.3 Å². The average molecular weight is 306 g/mol. The zero-order chi connectivity index (χ0) is 15.4. The van der Waals surface area contributed by atoms with Crippen LogP contribution in [0.4, 0.5) is 0 Å². The molecule has 22 heavy (non-hydrogen) atoms. The van der Waals surface area contributed by atoms with Crippen molar-refractivity contribution in [1.82, 2.24) is 0 Å². The molecule has 2 aliphatic rings. The monoisotopic (exact) mass is 306 g/mol. The van der Waals surface area contributed by atoms with Crippen LogP contribution < -0.4 is 9.47 Å². The largest absolute Gasteiger partial charge is 0.493 e. The Balaban J connectivity index is 1.43. The lowest BCUT2D eigenvalue weighted by Gasteiger charge is -2.15. The van der Waals surface area contributed by atoms with Crippen LogP contribution in [0, 0.1) is 11.8 Å². The zero-order valence-corrected chi connectivity index (χ0v) is 13.5. The van der Waals surface area contributed by atoms with Crippen LogP contribution in [0.2, 0.25) is 0 Å². The van der Waals surface area contributed by atoms with Crippen LogP contribution in [-0.2, 0) is 9.47 Å². The van der Waals surface area contributed by atoms with Gasteiger partial charge >= 0.3 is 0 Å². The van der Waals surface area contributed by atoms with Crippen molar-refractivity contribution in [1.29, 1.82) is 0 Å². The Labute approximate surface area is 132 Å². The van der Waals surface area contributed by atoms with Crippen molar-refractivity contribution >= 4 is 0 Å². The molecule has 2 heterocycles. The lowest BCUT2D eigenvalue weighted by Crippen LogP contribution is -2.17.